The molecule has 1 aromatic carbocycles. The summed E-state index contributed by atoms with van der Waals surface area (Å²) in [6, 6.07) is 6.48. The molecule has 0 unspecified atom stereocenters. The molecular formula is C14H21BrN2. The van der Waals surface area contributed by atoms with Gasteiger partial charge in [-0.25, -0.2) is 0 Å². The van der Waals surface area contributed by atoms with Crippen molar-refractivity contribution >= 4 is 21.6 Å². The fraction of sp³-hybridized carbons (Fsp3) is 0.571. The average molecular weight is 297 g/mol. The van der Waals surface area contributed by atoms with Gasteiger partial charge in [0, 0.05) is 24.3 Å². The summed E-state index contributed by atoms with van der Waals surface area (Å²) in [7, 11) is 4.24. The molecule has 94 valence electrons. The first-order valence-corrected chi connectivity index (χ1v) is 7.13. The molecule has 0 atom stereocenters. The molecule has 0 amide bonds. The van der Waals surface area contributed by atoms with Crippen LogP contribution < -0.4 is 10.2 Å². The van der Waals surface area contributed by atoms with Crippen LogP contribution in [0.1, 0.15) is 18.4 Å². The van der Waals surface area contributed by atoms with Gasteiger partial charge in [0.1, 0.15) is 0 Å². The zero-order chi connectivity index (χ0) is 12.3. The molecule has 1 heterocycles. The molecule has 17 heavy (non-hydrogen) atoms. The van der Waals surface area contributed by atoms with E-state index >= 15 is 0 Å². The summed E-state index contributed by atoms with van der Waals surface area (Å²) in [6.45, 7) is 2.35. The van der Waals surface area contributed by atoms with Gasteiger partial charge in [-0.15, -0.1) is 0 Å². The molecule has 0 saturated carbocycles. The van der Waals surface area contributed by atoms with E-state index in [1.807, 2.05) is 0 Å². The van der Waals surface area contributed by atoms with Crippen molar-refractivity contribution < 1.29 is 0 Å². The zero-order valence-electron chi connectivity index (χ0n) is 10.7. The molecule has 1 saturated heterocycles. The molecule has 1 fully saturated rings. The number of nitrogens with one attached hydrogen (secondary N) is 1. The van der Waals surface area contributed by atoms with Gasteiger partial charge in [0.15, 0.2) is 0 Å². The van der Waals surface area contributed by atoms with E-state index in [1.54, 1.807) is 0 Å². The maximum absolute atomic E-state index is 3.70. The van der Waals surface area contributed by atoms with Gasteiger partial charge in [0.05, 0.1) is 0 Å². The zero-order valence-corrected chi connectivity index (χ0v) is 12.3. The summed E-state index contributed by atoms with van der Waals surface area (Å²) in [6.07, 6.45) is 3.79. The van der Waals surface area contributed by atoms with Crippen molar-refractivity contribution in [3.8, 4) is 0 Å². The molecule has 1 aliphatic rings. The van der Waals surface area contributed by atoms with Crippen molar-refractivity contribution in [1.82, 2.24) is 5.32 Å². The van der Waals surface area contributed by atoms with Gasteiger partial charge in [-0.1, -0.05) is 22.0 Å². The van der Waals surface area contributed by atoms with E-state index in [1.165, 1.54) is 48.1 Å². The smallest absolute Gasteiger partial charge is 0.0405 e. The minimum absolute atomic E-state index is 0.827. The molecule has 0 radical (unpaired) electrons. The van der Waals surface area contributed by atoms with Crippen molar-refractivity contribution in [2.75, 3.05) is 32.1 Å². The highest BCUT2D eigenvalue weighted by Gasteiger charge is 2.17. The highest BCUT2D eigenvalue weighted by atomic mass is 79.9. The number of anilines is 1. The molecule has 0 bridgehead atoms. The summed E-state index contributed by atoms with van der Waals surface area (Å²) in [4.78, 5) is 2.21. The van der Waals surface area contributed by atoms with Crippen LogP contribution in [-0.4, -0.2) is 27.2 Å². The third kappa shape index (κ3) is 3.23. The van der Waals surface area contributed by atoms with Crippen molar-refractivity contribution in [1.29, 1.82) is 0 Å². The van der Waals surface area contributed by atoms with Crippen LogP contribution in [0, 0.1) is 5.92 Å². The molecule has 1 aromatic rings. The SMILES string of the molecule is CN(C)c1cccc(Br)c1CC1CCNCC1. The molecule has 2 nitrogen and oxygen atoms in total. The largest absolute Gasteiger partial charge is 0.377 e. The van der Waals surface area contributed by atoms with Gasteiger partial charge in [-0.3, -0.25) is 0 Å². The lowest BCUT2D eigenvalue weighted by atomic mass is 9.90. The lowest BCUT2D eigenvalue weighted by Crippen LogP contribution is -2.29. The van der Waals surface area contributed by atoms with Gasteiger partial charge in [0.25, 0.3) is 0 Å². The predicted octanol–water partition coefficient (Wildman–Crippen LogP) is 3.06. The monoisotopic (exact) mass is 296 g/mol. The van der Waals surface area contributed by atoms with Crippen LogP contribution in [0.5, 0.6) is 0 Å². The van der Waals surface area contributed by atoms with Crippen LogP contribution in [-0.2, 0) is 6.42 Å². The molecule has 0 aromatic heterocycles. The Bertz CT molecular complexity index is 370. The summed E-state index contributed by atoms with van der Waals surface area (Å²) < 4.78 is 1.25. The Morgan fingerprint density at radius 1 is 1.29 bits per heavy atom. The second kappa shape index (κ2) is 5.87. The van der Waals surface area contributed by atoms with E-state index in [4.69, 9.17) is 0 Å². The number of halogens is 1. The highest BCUT2D eigenvalue weighted by molar-refractivity contribution is 9.10. The molecule has 3 heteroatoms. The van der Waals surface area contributed by atoms with E-state index in [0.29, 0.717) is 0 Å². The van der Waals surface area contributed by atoms with Crippen LogP contribution >= 0.6 is 15.9 Å². The number of piperidine rings is 1. The standard InChI is InChI=1S/C14H21BrN2/c1-17(2)14-5-3-4-13(15)12(14)10-11-6-8-16-9-7-11/h3-5,11,16H,6-10H2,1-2H3. The van der Waals surface area contributed by atoms with Crippen molar-refractivity contribution in [2.24, 2.45) is 5.92 Å². The topological polar surface area (TPSA) is 15.3 Å². The normalized spacial score (nSPS) is 17.1. The number of rotatable bonds is 3. The third-order valence-corrected chi connectivity index (χ3v) is 4.27. The van der Waals surface area contributed by atoms with Crippen molar-refractivity contribution in [3.63, 3.8) is 0 Å². The van der Waals surface area contributed by atoms with Crippen LogP contribution in [0.4, 0.5) is 5.69 Å². The number of benzene rings is 1. The molecule has 0 aliphatic carbocycles. The fourth-order valence-corrected chi connectivity index (χ4v) is 3.06. The van der Waals surface area contributed by atoms with E-state index in [0.717, 1.165) is 5.92 Å². The molecule has 0 spiro atoms. The van der Waals surface area contributed by atoms with Crippen molar-refractivity contribution in [2.45, 2.75) is 19.3 Å². The lowest BCUT2D eigenvalue weighted by molar-refractivity contribution is 0.372. The molecule has 1 aliphatic heterocycles. The Labute approximate surface area is 113 Å². The fourth-order valence-electron chi connectivity index (χ4n) is 2.54. The van der Waals surface area contributed by atoms with Crippen LogP contribution in [0.15, 0.2) is 22.7 Å². The Morgan fingerprint density at radius 2 is 2.00 bits per heavy atom. The van der Waals surface area contributed by atoms with Crippen molar-refractivity contribution in [3.05, 3.63) is 28.2 Å². The maximum Gasteiger partial charge on any atom is 0.0405 e. The van der Waals surface area contributed by atoms with Crippen LogP contribution in [0.3, 0.4) is 0 Å². The summed E-state index contributed by atoms with van der Waals surface area (Å²) in [5.74, 6) is 0.827. The van der Waals surface area contributed by atoms with Gasteiger partial charge >= 0.3 is 0 Å². The Hall–Kier alpha value is -0.540. The highest BCUT2D eigenvalue weighted by Crippen LogP contribution is 2.31. The Balaban J connectivity index is 2.18. The maximum atomic E-state index is 3.70. The van der Waals surface area contributed by atoms with E-state index in [9.17, 15) is 0 Å². The Kier molecular flexibility index (Phi) is 4.46. The Morgan fingerprint density at radius 3 is 2.65 bits per heavy atom. The quantitative estimate of drug-likeness (QED) is 0.922. The summed E-state index contributed by atoms with van der Waals surface area (Å²) >= 11 is 3.70. The van der Waals surface area contributed by atoms with E-state index < -0.39 is 0 Å². The van der Waals surface area contributed by atoms with Crippen LogP contribution in [0.25, 0.3) is 0 Å². The summed E-state index contributed by atoms with van der Waals surface area (Å²) in [5.41, 5.74) is 2.81. The minimum Gasteiger partial charge on any atom is -0.377 e. The summed E-state index contributed by atoms with van der Waals surface area (Å²) in [5, 5.41) is 3.43. The first-order chi connectivity index (χ1) is 8.18. The first kappa shape index (κ1) is 12.9. The van der Waals surface area contributed by atoms with E-state index in [-0.39, 0.29) is 0 Å². The average Bonchev–Trinajstić information content (AvgIpc) is 2.33. The van der Waals surface area contributed by atoms with Gasteiger partial charge < -0.3 is 10.2 Å². The third-order valence-electron chi connectivity index (χ3n) is 3.53. The van der Waals surface area contributed by atoms with E-state index in [2.05, 4.69) is 58.4 Å². The van der Waals surface area contributed by atoms with Gasteiger partial charge in [-0.2, -0.15) is 0 Å². The second-order valence-electron chi connectivity index (χ2n) is 5.03. The lowest BCUT2D eigenvalue weighted by Gasteiger charge is -2.26. The minimum atomic E-state index is 0.827. The van der Waals surface area contributed by atoms with Crippen LogP contribution in [0.2, 0.25) is 0 Å². The first-order valence-electron chi connectivity index (χ1n) is 6.34. The molecule has 1 N–H and O–H groups in total. The number of hydrogen-bond acceptors (Lipinski definition) is 2. The molecular weight excluding hydrogens is 276 g/mol. The van der Waals surface area contributed by atoms with Gasteiger partial charge in [0.2, 0.25) is 0 Å². The number of nitrogens with zero attached hydrogens (tertiary/aromatic N) is 1. The second-order valence-corrected chi connectivity index (χ2v) is 5.88. The number of hydrogen-bond donors (Lipinski definition) is 1. The predicted molar refractivity (Wildman–Crippen MR) is 77.8 cm³/mol. The molecule has 2 rings (SSSR count). The van der Waals surface area contributed by atoms with Gasteiger partial charge in [-0.05, 0) is 56.0 Å².